The minimum Gasteiger partial charge on any atom is -0.313 e. The number of nitrogens with zero attached hydrogens (tertiary/aromatic N) is 5. The van der Waals surface area contributed by atoms with Crippen molar-refractivity contribution in [2.24, 2.45) is 7.05 Å². The van der Waals surface area contributed by atoms with E-state index in [1.54, 1.807) is 10.9 Å². The summed E-state index contributed by atoms with van der Waals surface area (Å²) < 4.78 is 1.64. The van der Waals surface area contributed by atoms with Gasteiger partial charge in [0.05, 0.1) is 0 Å². The van der Waals surface area contributed by atoms with E-state index < -0.39 is 0 Å². The van der Waals surface area contributed by atoms with Crippen molar-refractivity contribution in [3.8, 4) is 0 Å². The lowest BCUT2D eigenvalue weighted by atomic mass is 10.3. The van der Waals surface area contributed by atoms with Gasteiger partial charge in [-0.25, -0.2) is 9.67 Å². The van der Waals surface area contributed by atoms with Crippen molar-refractivity contribution in [1.82, 2.24) is 30.5 Å². The average Bonchev–Trinajstić information content (AvgIpc) is 2.74. The Morgan fingerprint density at radius 2 is 2.35 bits per heavy atom. The predicted molar refractivity (Wildman–Crippen MR) is 64.5 cm³/mol. The Morgan fingerprint density at radius 1 is 1.47 bits per heavy atom. The van der Waals surface area contributed by atoms with Crippen molar-refractivity contribution in [2.45, 2.75) is 23.7 Å². The van der Waals surface area contributed by atoms with E-state index >= 15 is 0 Å². The van der Waals surface area contributed by atoms with Crippen molar-refractivity contribution < 1.29 is 0 Å². The Morgan fingerprint density at radius 3 is 3.06 bits per heavy atom. The van der Waals surface area contributed by atoms with Crippen LogP contribution in [0.25, 0.3) is 0 Å². The summed E-state index contributed by atoms with van der Waals surface area (Å²) in [6.07, 6.45) is 1.78. The monoisotopic (exact) mass is 250 g/mol. The number of pyridine rings is 1. The molecule has 0 aromatic carbocycles. The van der Waals surface area contributed by atoms with Gasteiger partial charge >= 0.3 is 0 Å². The molecule has 0 radical (unpaired) electrons. The molecule has 0 aliphatic heterocycles. The van der Waals surface area contributed by atoms with E-state index in [0.29, 0.717) is 0 Å². The van der Waals surface area contributed by atoms with Crippen LogP contribution < -0.4 is 5.32 Å². The topological polar surface area (TPSA) is 68.5 Å². The van der Waals surface area contributed by atoms with Crippen LogP contribution in [0, 0.1) is 0 Å². The van der Waals surface area contributed by atoms with Crippen molar-refractivity contribution >= 4 is 11.8 Å². The van der Waals surface area contributed by atoms with Gasteiger partial charge in [-0.15, -0.1) is 5.10 Å². The fraction of sp³-hybridized carbons (Fsp3) is 0.400. The number of hydrogen-bond acceptors (Lipinski definition) is 6. The number of nitrogens with one attached hydrogen (secondary N) is 1. The third-order valence-corrected chi connectivity index (χ3v) is 3.27. The molecule has 2 rings (SSSR count). The molecule has 1 N–H and O–H groups in total. The van der Waals surface area contributed by atoms with Crippen molar-refractivity contribution in [3.05, 3.63) is 23.9 Å². The highest BCUT2D eigenvalue weighted by molar-refractivity contribution is 7.99. The summed E-state index contributed by atoms with van der Waals surface area (Å²) in [6.45, 7) is 3.82. The second kappa shape index (κ2) is 5.74. The van der Waals surface area contributed by atoms with Gasteiger partial charge < -0.3 is 5.32 Å². The fourth-order valence-electron chi connectivity index (χ4n) is 1.30. The highest BCUT2D eigenvalue weighted by Crippen LogP contribution is 2.25. The quantitative estimate of drug-likeness (QED) is 0.849. The zero-order valence-electron chi connectivity index (χ0n) is 9.79. The smallest absolute Gasteiger partial charge is 0.215 e. The van der Waals surface area contributed by atoms with E-state index in [4.69, 9.17) is 0 Å². The largest absolute Gasteiger partial charge is 0.313 e. The Bertz CT molecular complexity index is 483. The minimum atomic E-state index is 0.737. The average molecular weight is 250 g/mol. The van der Waals surface area contributed by atoms with Crippen LogP contribution in [0.2, 0.25) is 0 Å². The zero-order valence-corrected chi connectivity index (χ0v) is 10.6. The fourth-order valence-corrected chi connectivity index (χ4v) is 2.11. The number of tetrazole rings is 1. The van der Waals surface area contributed by atoms with Gasteiger partial charge in [0, 0.05) is 19.8 Å². The van der Waals surface area contributed by atoms with Crippen LogP contribution in [0.15, 0.2) is 28.5 Å². The van der Waals surface area contributed by atoms with Gasteiger partial charge in [0.25, 0.3) is 0 Å². The van der Waals surface area contributed by atoms with E-state index in [2.05, 4.69) is 38.8 Å². The number of aromatic nitrogens is 5. The van der Waals surface area contributed by atoms with Crippen LogP contribution in [-0.4, -0.2) is 31.7 Å². The second-order valence-electron chi connectivity index (χ2n) is 3.44. The molecule has 0 atom stereocenters. The summed E-state index contributed by atoms with van der Waals surface area (Å²) in [5, 5.41) is 16.3. The molecule has 0 saturated heterocycles. The van der Waals surface area contributed by atoms with Crippen LogP contribution >= 0.6 is 11.8 Å². The minimum absolute atomic E-state index is 0.737. The van der Waals surface area contributed by atoms with E-state index in [1.165, 1.54) is 11.8 Å². The van der Waals surface area contributed by atoms with Crippen LogP contribution in [0.4, 0.5) is 0 Å². The third kappa shape index (κ3) is 3.01. The molecule has 0 fully saturated rings. The molecule has 0 amide bonds. The second-order valence-corrected chi connectivity index (χ2v) is 4.39. The molecule has 2 aromatic rings. The number of aryl methyl sites for hydroxylation is 1. The van der Waals surface area contributed by atoms with Gasteiger partial charge in [0.1, 0.15) is 5.03 Å². The van der Waals surface area contributed by atoms with E-state index in [0.717, 1.165) is 28.8 Å². The van der Waals surface area contributed by atoms with E-state index in [9.17, 15) is 0 Å². The number of hydrogen-bond donors (Lipinski definition) is 1. The molecule has 0 aliphatic rings. The lowest BCUT2D eigenvalue weighted by Crippen LogP contribution is -2.12. The highest BCUT2D eigenvalue weighted by atomic mass is 32.2. The molecule has 17 heavy (non-hydrogen) atoms. The molecule has 0 saturated carbocycles. The molecular weight excluding hydrogens is 236 g/mol. The lowest BCUT2D eigenvalue weighted by Gasteiger charge is -2.06. The van der Waals surface area contributed by atoms with Gasteiger partial charge in [-0.2, -0.15) is 0 Å². The van der Waals surface area contributed by atoms with Crippen LogP contribution in [0.5, 0.6) is 0 Å². The molecule has 0 bridgehead atoms. The zero-order chi connectivity index (χ0) is 12.1. The summed E-state index contributed by atoms with van der Waals surface area (Å²) in [5.74, 6) is 0. The van der Waals surface area contributed by atoms with Gasteiger partial charge in [-0.3, -0.25) is 0 Å². The Hall–Kier alpha value is -1.47. The summed E-state index contributed by atoms with van der Waals surface area (Å²) in [5.41, 5.74) is 1.15. The summed E-state index contributed by atoms with van der Waals surface area (Å²) in [6, 6.07) is 3.99. The van der Waals surface area contributed by atoms with Gasteiger partial charge in [-0.05, 0) is 40.4 Å². The Balaban J connectivity index is 2.17. The third-order valence-electron chi connectivity index (χ3n) is 2.18. The Kier molecular flexibility index (Phi) is 4.05. The molecule has 0 unspecified atom stereocenters. The molecule has 2 aromatic heterocycles. The summed E-state index contributed by atoms with van der Waals surface area (Å²) in [7, 11) is 1.81. The van der Waals surface area contributed by atoms with Gasteiger partial charge in [0.15, 0.2) is 0 Å². The van der Waals surface area contributed by atoms with Crippen molar-refractivity contribution in [3.63, 3.8) is 0 Å². The molecule has 7 heteroatoms. The number of rotatable bonds is 5. The first-order chi connectivity index (χ1) is 8.31. The van der Waals surface area contributed by atoms with Crippen LogP contribution in [0.1, 0.15) is 12.5 Å². The SMILES string of the molecule is CCNCc1cccnc1Sc1nnnn1C. The molecular formula is C10H14N6S. The normalized spacial score (nSPS) is 10.7. The standard InChI is InChI=1S/C10H14N6S/c1-3-11-7-8-5-4-6-12-9(8)17-10-13-14-15-16(10)2/h4-6,11H,3,7H2,1-2H3. The van der Waals surface area contributed by atoms with E-state index in [-0.39, 0.29) is 0 Å². The molecule has 90 valence electrons. The first kappa shape index (κ1) is 12.0. The maximum Gasteiger partial charge on any atom is 0.215 e. The van der Waals surface area contributed by atoms with Crippen molar-refractivity contribution in [2.75, 3.05) is 6.54 Å². The van der Waals surface area contributed by atoms with Crippen LogP contribution in [-0.2, 0) is 13.6 Å². The van der Waals surface area contributed by atoms with Crippen LogP contribution in [0.3, 0.4) is 0 Å². The van der Waals surface area contributed by atoms with Gasteiger partial charge in [0.2, 0.25) is 5.16 Å². The maximum absolute atomic E-state index is 4.36. The lowest BCUT2D eigenvalue weighted by molar-refractivity contribution is 0.663. The highest BCUT2D eigenvalue weighted by Gasteiger charge is 2.09. The molecule has 6 nitrogen and oxygen atoms in total. The molecule has 0 aliphatic carbocycles. The van der Waals surface area contributed by atoms with Gasteiger partial charge in [-0.1, -0.05) is 13.0 Å². The first-order valence-corrected chi connectivity index (χ1v) is 6.17. The maximum atomic E-state index is 4.36. The van der Waals surface area contributed by atoms with Crippen molar-refractivity contribution in [1.29, 1.82) is 0 Å². The van der Waals surface area contributed by atoms with E-state index in [1.807, 2.05) is 13.1 Å². The molecule has 2 heterocycles. The molecule has 0 spiro atoms. The Labute approximate surface area is 104 Å². The summed E-state index contributed by atoms with van der Waals surface area (Å²) >= 11 is 1.47. The first-order valence-electron chi connectivity index (χ1n) is 5.36. The predicted octanol–water partition coefficient (Wildman–Crippen LogP) is 0.866. The summed E-state index contributed by atoms with van der Waals surface area (Å²) in [4.78, 5) is 4.36.